The molecule has 1 fully saturated rings. The van der Waals surface area contributed by atoms with Crippen molar-refractivity contribution in [2.24, 2.45) is 11.1 Å². The second-order valence-electron chi connectivity index (χ2n) is 5.86. The molecule has 1 aliphatic heterocycles. The minimum absolute atomic E-state index is 0.0144. The number of amides is 1. The van der Waals surface area contributed by atoms with Gasteiger partial charge in [0.05, 0.1) is 0 Å². The highest BCUT2D eigenvalue weighted by Gasteiger charge is 2.32. The summed E-state index contributed by atoms with van der Waals surface area (Å²) in [6, 6.07) is 2.47. The van der Waals surface area contributed by atoms with Gasteiger partial charge in [0, 0.05) is 13.1 Å². The van der Waals surface area contributed by atoms with Crippen LogP contribution in [0.5, 0.6) is 0 Å². The van der Waals surface area contributed by atoms with Gasteiger partial charge in [0.2, 0.25) is 0 Å². The van der Waals surface area contributed by atoms with E-state index >= 15 is 0 Å². The summed E-state index contributed by atoms with van der Waals surface area (Å²) in [5.74, 6) is -2.13. The molecular formula is C15H20F2N2O. The number of likely N-dealkylation sites (tertiary alicyclic amines) is 1. The smallest absolute Gasteiger partial charge is 0.259 e. The Morgan fingerprint density at radius 1 is 1.35 bits per heavy atom. The largest absolute Gasteiger partial charge is 0.338 e. The molecule has 0 bridgehead atoms. The topological polar surface area (TPSA) is 46.3 Å². The molecule has 20 heavy (non-hydrogen) atoms. The first-order chi connectivity index (χ1) is 9.38. The number of piperidine rings is 1. The van der Waals surface area contributed by atoms with Crippen LogP contribution in [0, 0.1) is 24.0 Å². The molecule has 0 atom stereocenters. The van der Waals surface area contributed by atoms with E-state index in [1.807, 2.05) is 0 Å². The highest BCUT2D eigenvalue weighted by Crippen LogP contribution is 2.30. The SMILES string of the molecule is Cc1ccc(F)c(C(=O)N2CCC(C)(CN)CC2)c1F. The molecular weight excluding hydrogens is 262 g/mol. The van der Waals surface area contributed by atoms with Gasteiger partial charge in [-0.05, 0) is 43.4 Å². The molecule has 1 saturated heterocycles. The van der Waals surface area contributed by atoms with Crippen LogP contribution < -0.4 is 5.73 Å². The van der Waals surface area contributed by atoms with E-state index in [-0.39, 0.29) is 11.0 Å². The van der Waals surface area contributed by atoms with Crippen LogP contribution >= 0.6 is 0 Å². The van der Waals surface area contributed by atoms with Crippen molar-refractivity contribution in [3.63, 3.8) is 0 Å². The molecule has 2 N–H and O–H groups in total. The number of carbonyl (C=O) groups excluding carboxylic acids is 1. The van der Waals surface area contributed by atoms with Crippen LogP contribution in [0.2, 0.25) is 0 Å². The number of benzene rings is 1. The van der Waals surface area contributed by atoms with Crippen molar-refractivity contribution in [2.45, 2.75) is 26.7 Å². The molecule has 0 saturated carbocycles. The van der Waals surface area contributed by atoms with Gasteiger partial charge in [0.15, 0.2) is 0 Å². The first kappa shape index (κ1) is 14.9. The van der Waals surface area contributed by atoms with E-state index in [4.69, 9.17) is 5.73 Å². The van der Waals surface area contributed by atoms with E-state index in [0.29, 0.717) is 19.6 Å². The van der Waals surface area contributed by atoms with Crippen molar-refractivity contribution in [3.05, 3.63) is 34.9 Å². The van der Waals surface area contributed by atoms with E-state index in [2.05, 4.69) is 6.92 Å². The Balaban J connectivity index is 2.20. The second kappa shape index (κ2) is 5.48. The van der Waals surface area contributed by atoms with E-state index in [1.165, 1.54) is 17.9 Å². The number of halogens is 2. The average molecular weight is 282 g/mol. The molecule has 0 unspecified atom stereocenters. The Bertz CT molecular complexity index is 523. The maximum Gasteiger partial charge on any atom is 0.259 e. The number of rotatable bonds is 2. The van der Waals surface area contributed by atoms with E-state index in [1.54, 1.807) is 0 Å². The summed E-state index contributed by atoms with van der Waals surface area (Å²) in [6.45, 7) is 5.12. The van der Waals surface area contributed by atoms with Gasteiger partial charge in [-0.25, -0.2) is 8.78 Å². The molecule has 110 valence electrons. The van der Waals surface area contributed by atoms with Gasteiger partial charge >= 0.3 is 0 Å². The Kier molecular flexibility index (Phi) is 4.09. The first-order valence-corrected chi connectivity index (χ1v) is 6.82. The standard InChI is InChI=1S/C15H20F2N2O/c1-10-3-4-11(16)12(13(10)17)14(20)19-7-5-15(2,9-18)6-8-19/h3-4H,5-9,18H2,1-2H3. The summed E-state index contributed by atoms with van der Waals surface area (Å²) in [4.78, 5) is 13.8. The molecule has 0 aliphatic carbocycles. The van der Waals surface area contributed by atoms with Crippen molar-refractivity contribution in [1.29, 1.82) is 0 Å². The lowest BCUT2D eigenvalue weighted by atomic mass is 9.80. The first-order valence-electron chi connectivity index (χ1n) is 6.82. The minimum atomic E-state index is -0.801. The summed E-state index contributed by atoms with van der Waals surface area (Å²) < 4.78 is 27.7. The highest BCUT2D eigenvalue weighted by molar-refractivity contribution is 5.95. The van der Waals surface area contributed by atoms with Gasteiger partial charge in [-0.3, -0.25) is 4.79 Å². The molecule has 1 aromatic carbocycles. The normalized spacial score (nSPS) is 18.1. The van der Waals surface area contributed by atoms with Crippen LogP contribution in [0.25, 0.3) is 0 Å². The minimum Gasteiger partial charge on any atom is -0.338 e. The summed E-state index contributed by atoms with van der Waals surface area (Å²) in [7, 11) is 0. The Labute approximate surface area is 117 Å². The lowest BCUT2D eigenvalue weighted by molar-refractivity contribution is 0.0608. The van der Waals surface area contributed by atoms with Crippen LogP contribution in [0.1, 0.15) is 35.7 Å². The van der Waals surface area contributed by atoms with Crippen LogP contribution in [0.3, 0.4) is 0 Å². The molecule has 1 aliphatic rings. The summed E-state index contributed by atoms with van der Waals surface area (Å²) in [6.07, 6.45) is 1.51. The van der Waals surface area contributed by atoms with Crippen LogP contribution in [-0.2, 0) is 0 Å². The van der Waals surface area contributed by atoms with Gasteiger partial charge in [-0.2, -0.15) is 0 Å². The lowest BCUT2D eigenvalue weighted by Gasteiger charge is -2.38. The molecule has 0 aromatic heterocycles. The number of nitrogens with zero attached hydrogens (tertiary/aromatic N) is 1. The quantitative estimate of drug-likeness (QED) is 0.905. The summed E-state index contributed by atoms with van der Waals surface area (Å²) in [5, 5.41) is 0. The zero-order chi connectivity index (χ0) is 14.9. The zero-order valence-corrected chi connectivity index (χ0v) is 11.9. The van der Waals surface area contributed by atoms with Crippen molar-refractivity contribution in [1.82, 2.24) is 4.90 Å². The molecule has 5 heteroatoms. The van der Waals surface area contributed by atoms with Crippen molar-refractivity contribution < 1.29 is 13.6 Å². The lowest BCUT2D eigenvalue weighted by Crippen LogP contribution is -2.45. The summed E-state index contributed by atoms with van der Waals surface area (Å²) >= 11 is 0. The van der Waals surface area contributed by atoms with Crippen molar-refractivity contribution in [3.8, 4) is 0 Å². The van der Waals surface area contributed by atoms with Gasteiger partial charge in [-0.1, -0.05) is 13.0 Å². The Hall–Kier alpha value is -1.49. The fourth-order valence-electron chi connectivity index (χ4n) is 2.46. The zero-order valence-electron chi connectivity index (χ0n) is 11.9. The number of hydrogen-bond donors (Lipinski definition) is 1. The van der Waals surface area contributed by atoms with Gasteiger partial charge in [0.1, 0.15) is 17.2 Å². The fraction of sp³-hybridized carbons (Fsp3) is 0.533. The fourth-order valence-corrected chi connectivity index (χ4v) is 2.46. The van der Waals surface area contributed by atoms with Crippen LogP contribution in [-0.4, -0.2) is 30.4 Å². The maximum absolute atomic E-state index is 14.0. The molecule has 1 aromatic rings. The average Bonchev–Trinajstić information content (AvgIpc) is 2.44. The second-order valence-corrected chi connectivity index (χ2v) is 5.86. The molecule has 1 amide bonds. The van der Waals surface area contributed by atoms with Gasteiger partial charge < -0.3 is 10.6 Å². The Morgan fingerprint density at radius 2 is 1.95 bits per heavy atom. The van der Waals surface area contributed by atoms with Gasteiger partial charge in [-0.15, -0.1) is 0 Å². The highest BCUT2D eigenvalue weighted by atomic mass is 19.1. The van der Waals surface area contributed by atoms with E-state index in [9.17, 15) is 13.6 Å². The Morgan fingerprint density at radius 3 is 2.50 bits per heavy atom. The van der Waals surface area contributed by atoms with Gasteiger partial charge in [0.25, 0.3) is 5.91 Å². The molecule has 0 radical (unpaired) electrons. The predicted octanol–water partition coefficient (Wildman–Crippen LogP) is 2.47. The molecule has 0 spiro atoms. The maximum atomic E-state index is 14.0. The van der Waals surface area contributed by atoms with Crippen molar-refractivity contribution in [2.75, 3.05) is 19.6 Å². The third-order valence-electron chi connectivity index (χ3n) is 4.25. The third-order valence-corrected chi connectivity index (χ3v) is 4.25. The summed E-state index contributed by atoms with van der Waals surface area (Å²) in [5.41, 5.74) is 5.56. The van der Waals surface area contributed by atoms with Crippen LogP contribution in [0.15, 0.2) is 12.1 Å². The number of hydrogen-bond acceptors (Lipinski definition) is 2. The van der Waals surface area contributed by atoms with E-state index < -0.39 is 23.1 Å². The van der Waals surface area contributed by atoms with E-state index in [0.717, 1.165) is 18.9 Å². The third kappa shape index (κ3) is 2.68. The molecule has 1 heterocycles. The molecule has 3 nitrogen and oxygen atoms in total. The van der Waals surface area contributed by atoms with Crippen LogP contribution in [0.4, 0.5) is 8.78 Å². The number of carbonyl (C=O) groups is 1. The number of nitrogens with two attached hydrogens (primary N) is 1. The monoisotopic (exact) mass is 282 g/mol. The molecule has 2 rings (SSSR count). The number of aryl methyl sites for hydroxylation is 1. The predicted molar refractivity (Wildman–Crippen MR) is 73.4 cm³/mol. The van der Waals surface area contributed by atoms with Crippen molar-refractivity contribution >= 4 is 5.91 Å².